The molecule has 0 saturated heterocycles. The van der Waals surface area contributed by atoms with E-state index in [4.69, 9.17) is 10.2 Å². The van der Waals surface area contributed by atoms with Gasteiger partial charge in [0.05, 0.1) is 5.92 Å². The summed E-state index contributed by atoms with van der Waals surface area (Å²) in [5.41, 5.74) is 8.31. The fourth-order valence-electron chi connectivity index (χ4n) is 3.22. The Labute approximate surface area is 171 Å². The van der Waals surface area contributed by atoms with Crippen LogP contribution in [0.4, 0.5) is 10.4 Å². The highest BCUT2D eigenvalue weighted by Crippen LogP contribution is 2.25. The highest BCUT2D eigenvalue weighted by Gasteiger charge is 2.23. The molecule has 6 nitrogen and oxygen atoms in total. The Kier molecular flexibility index (Phi) is 5.26. The number of anilines is 1. The van der Waals surface area contributed by atoms with Crippen molar-refractivity contribution < 1.29 is 18.4 Å². The fourth-order valence-corrected chi connectivity index (χ4v) is 3.22. The van der Waals surface area contributed by atoms with Crippen LogP contribution in [0.15, 0.2) is 77.2 Å². The number of hydrogen-bond donors (Lipinski definition) is 2. The van der Waals surface area contributed by atoms with Gasteiger partial charge in [-0.3, -0.25) is 14.9 Å². The molecule has 7 heteroatoms. The lowest BCUT2D eigenvalue weighted by Crippen LogP contribution is -2.23. The summed E-state index contributed by atoms with van der Waals surface area (Å²) in [5, 5.41) is 2.72. The Bertz CT molecular complexity index is 1170. The number of amides is 2. The number of primary amides is 1. The average Bonchev–Trinajstić information content (AvgIpc) is 3.15. The molecule has 0 aliphatic rings. The third kappa shape index (κ3) is 4.20. The number of fused-ring (bicyclic) bond motifs is 1. The van der Waals surface area contributed by atoms with Crippen molar-refractivity contribution in [3.05, 3.63) is 95.3 Å². The smallest absolute Gasteiger partial charge is 0.302 e. The van der Waals surface area contributed by atoms with Gasteiger partial charge in [0.2, 0.25) is 11.8 Å². The molecule has 0 saturated carbocycles. The van der Waals surface area contributed by atoms with Gasteiger partial charge in [-0.25, -0.2) is 4.39 Å². The summed E-state index contributed by atoms with van der Waals surface area (Å²) in [6, 6.07) is 19.7. The molecule has 3 aromatic carbocycles. The molecule has 1 atom stereocenters. The van der Waals surface area contributed by atoms with E-state index in [-0.39, 0.29) is 17.7 Å². The van der Waals surface area contributed by atoms with E-state index in [2.05, 4.69) is 10.3 Å². The molecule has 4 rings (SSSR count). The summed E-state index contributed by atoms with van der Waals surface area (Å²) < 4.78 is 18.9. The second kappa shape index (κ2) is 8.16. The first kappa shape index (κ1) is 19.3. The van der Waals surface area contributed by atoms with E-state index in [1.165, 1.54) is 12.1 Å². The molecule has 2 amide bonds. The number of nitrogens with one attached hydrogen (secondary N) is 1. The summed E-state index contributed by atoms with van der Waals surface area (Å²) in [7, 11) is 0. The Morgan fingerprint density at radius 2 is 1.70 bits per heavy atom. The molecule has 3 N–H and O–H groups in total. The monoisotopic (exact) mass is 403 g/mol. The second-order valence-electron chi connectivity index (χ2n) is 6.85. The van der Waals surface area contributed by atoms with E-state index in [0.717, 1.165) is 5.56 Å². The maximum absolute atomic E-state index is 13.3. The molecule has 1 aromatic heterocycles. The number of aromatic nitrogens is 1. The fraction of sp³-hybridized carbons (Fsp3) is 0.0870. The van der Waals surface area contributed by atoms with Crippen molar-refractivity contribution in [2.24, 2.45) is 5.73 Å². The van der Waals surface area contributed by atoms with Crippen LogP contribution >= 0.6 is 0 Å². The summed E-state index contributed by atoms with van der Waals surface area (Å²) in [6.45, 7) is 0. The third-order valence-electron chi connectivity index (χ3n) is 4.79. The first-order chi connectivity index (χ1) is 14.5. The van der Waals surface area contributed by atoms with E-state index < -0.39 is 11.8 Å². The number of para-hydroxylation sites is 2. The molecule has 1 heterocycles. The van der Waals surface area contributed by atoms with Crippen molar-refractivity contribution in [3.63, 3.8) is 0 Å². The van der Waals surface area contributed by atoms with Crippen molar-refractivity contribution >= 4 is 28.9 Å². The standard InChI is InChI=1S/C23H18FN3O3/c24-17-11-5-14(6-12-17)13-18(15-7-9-16(10-8-15)21(25)28)22(29)27-23-26-19-3-1-2-4-20(19)30-23/h1-12,18H,13H2,(H2,25,28)(H,26,27,29). The average molecular weight is 403 g/mol. The van der Waals surface area contributed by atoms with E-state index >= 15 is 0 Å². The van der Waals surface area contributed by atoms with Crippen LogP contribution in [0.1, 0.15) is 27.4 Å². The first-order valence-electron chi connectivity index (χ1n) is 9.30. The summed E-state index contributed by atoms with van der Waals surface area (Å²) in [4.78, 5) is 28.7. The molecule has 0 aliphatic carbocycles. The van der Waals surface area contributed by atoms with Crippen LogP contribution in [0, 0.1) is 5.82 Å². The van der Waals surface area contributed by atoms with Gasteiger partial charge in [-0.2, -0.15) is 4.98 Å². The number of halogens is 1. The molecule has 0 radical (unpaired) electrons. The molecule has 0 bridgehead atoms. The van der Waals surface area contributed by atoms with Gasteiger partial charge in [0, 0.05) is 5.56 Å². The molecule has 150 valence electrons. The normalized spacial score (nSPS) is 11.9. The van der Waals surface area contributed by atoms with Crippen molar-refractivity contribution in [2.75, 3.05) is 5.32 Å². The van der Waals surface area contributed by atoms with Gasteiger partial charge in [0.25, 0.3) is 0 Å². The highest BCUT2D eigenvalue weighted by molar-refractivity contribution is 5.96. The Hall–Kier alpha value is -4.00. The zero-order valence-electron chi connectivity index (χ0n) is 15.8. The van der Waals surface area contributed by atoms with Crippen molar-refractivity contribution in [1.82, 2.24) is 4.98 Å². The number of rotatable bonds is 6. The molecule has 4 aromatic rings. The molecular weight excluding hydrogens is 385 g/mol. The van der Waals surface area contributed by atoms with Gasteiger partial charge in [-0.15, -0.1) is 0 Å². The minimum Gasteiger partial charge on any atom is -0.423 e. The van der Waals surface area contributed by atoms with Crippen LogP contribution in [0.25, 0.3) is 11.1 Å². The zero-order chi connectivity index (χ0) is 21.1. The molecular formula is C23H18FN3O3. The minimum atomic E-state index is -0.618. The van der Waals surface area contributed by atoms with Crippen LogP contribution in [-0.2, 0) is 11.2 Å². The third-order valence-corrected chi connectivity index (χ3v) is 4.79. The number of hydrogen-bond acceptors (Lipinski definition) is 4. The zero-order valence-corrected chi connectivity index (χ0v) is 15.8. The Morgan fingerprint density at radius 3 is 2.37 bits per heavy atom. The summed E-state index contributed by atoms with van der Waals surface area (Å²) >= 11 is 0. The van der Waals surface area contributed by atoms with E-state index in [1.54, 1.807) is 48.5 Å². The van der Waals surface area contributed by atoms with Crippen LogP contribution < -0.4 is 11.1 Å². The number of carbonyl (C=O) groups excluding carboxylic acids is 2. The molecule has 0 spiro atoms. The SMILES string of the molecule is NC(=O)c1ccc(C(Cc2ccc(F)cc2)C(=O)Nc2nc3ccccc3o2)cc1. The van der Waals surface area contributed by atoms with E-state index in [1.807, 2.05) is 12.1 Å². The summed E-state index contributed by atoms with van der Waals surface area (Å²) in [5.74, 6) is -1.85. The molecule has 1 unspecified atom stereocenters. The van der Waals surface area contributed by atoms with E-state index in [0.29, 0.717) is 28.6 Å². The molecule has 0 aliphatic heterocycles. The van der Waals surface area contributed by atoms with Crippen LogP contribution in [0.2, 0.25) is 0 Å². The first-order valence-corrected chi connectivity index (χ1v) is 9.30. The summed E-state index contributed by atoms with van der Waals surface area (Å²) in [6.07, 6.45) is 0.322. The number of nitrogens with two attached hydrogens (primary N) is 1. The van der Waals surface area contributed by atoms with Crippen molar-refractivity contribution in [2.45, 2.75) is 12.3 Å². The van der Waals surface area contributed by atoms with E-state index in [9.17, 15) is 14.0 Å². The predicted molar refractivity (Wildman–Crippen MR) is 110 cm³/mol. The largest absolute Gasteiger partial charge is 0.423 e. The van der Waals surface area contributed by atoms with Crippen LogP contribution in [-0.4, -0.2) is 16.8 Å². The quantitative estimate of drug-likeness (QED) is 0.508. The Balaban J connectivity index is 1.63. The van der Waals surface area contributed by atoms with Crippen LogP contribution in [0.5, 0.6) is 0 Å². The van der Waals surface area contributed by atoms with Gasteiger partial charge in [-0.1, -0.05) is 36.4 Å². The predicted octanol–water partition coefficient (Wildman–Crippen LogP) is 4.03. The lowest BCUT2D eigenvalue weighted by molar-refractivity contribution is -0.117. The molecule has 0 fully saturated rings. The lowest BCUT2D eigenvalue weighted by atomic mass is 9.90. The number of carbonyl (C=O) groups is 2. The van der Waals surface area contributed by atoms with Crippen molar-refractivity contribution in [1.29, 1.82) is 0 Å². The maximum Gasteiger partial charge on any atom is 0.302 e. The lowest BCUT2D eigenvalue weighted by Gasteiger charge is -2.17. The van der Waals surface area contributed by atoms with Crippen LogP contribution in [0.3, 0.4) is 0 Å². The second-order valence-corrected chi connectivity index (χ2v) is 6.85. The van der Waals surface area contributed by atoms with Gasteiger partial charge in [0.15, 0.2) is 5.58 Å². The van der Waals surface area contributed by atoms with Gasteiger partial charge >= 0.3 is 6.01 Å². The maximum atomic E-state index is 13.3. The highest BCUT2D eigenvalue weighted by atomic mass is 19.1. The van der Waals surface area contributed by atoms with Crippen molar-refractivity contribution in [3.8, 4) is 0 Å². The Morgan fingerprint density at radius 1 is 1.00 bits per heavy atom. The topological polar surface area (TPSA) is 98.2 Å². The number of oxazole rings is 1. The van der Waals surface area contributed by atoms with Gasteiger partial charge in [-0.05, 0) is 53.9 Å². The van der Waals surface area contributed by atoms with Gasteiger partial charge < -0.3 is 10.2 Å². The number of nitrogens with zero attached hydrogens (tertiary/aromatic N) is 1. The number of benzene rings is 3. The molecule has 30 heavy (non-hydrogen) atoms. The minimum absolute atomic E-state index is 0.0964. The van der Waals surface area contributed by atoms with Gasteiger partial charge in [0.1, 0.15) is 11.3 Å².